The fraction of sp³-hybridized carbons (Fsp3) is 0.925. The second kappa shape index (κ2) is 37.8. The van der Waals surface area contributed by atoms with Gasteiger partial charge in [0.15, 0.2) is 50.3 Å². The third-order valence-corrected chi connectivity index (χ3v) is 26.9. The Hall–Kier alpha value is -2.19. The summed E-state index contributed by atoms with van der Waals surface area (Å²) in [6.45, 7) is 51.4. The Labute approximate surface area is 607 Å². The van der Waals surface area contributed by atoms with Gasteiger partial charge in [-0.1, -0.05) is 195 Å². The van der Waals surface area contributed by atoms with Crippen LogP contribution < -0.4 is 0 Å². The lowest BCUT2D eigenvalue weighted by atomic mass is 9.78. The lowest BCUT2D eigenvalue weighted by Crippen LogP contribution is -2.63. The van der Waals surface area contributed by atoms with Crippen molar-refractivity contribution in [3.63, 3.8) is 0 Å². The summed E-state index contributed by atoms with van der Waals surface area (Å²) in [4.78, 5) is 2.89. The van der Waals surface area contributed by atoms with E-state index in [1.807, 2.05) is 25.1 Å². The van der Waals surface area contributed by atoms with Crippen LogP contribution in [0, 0.1) is 101 Å². The van der Waals surface area contributed by atoms with Gasteiger partial charge in [-0.05, 0) is 109 Å². The van der Waals surface area contributed by atoms with Crippen molar-refractivity contribution >= 4 is 0 Å². The Morgan fingerprint density at radius 3 is 1.20 bits per heavy atom. The van der Waals surface area contributed by atoms with E-state index in [0.29, 0.717) is 48.3 Å². The van der Waals surface area contributed by atoms with E-state index >= 15 is 0 Å². The van der Waals surface area contributed by atoms with Gasteiger partial charge in [0.25, 0.3) is 0 Å². The van der Waals surface area contributed by atoms with Crippen LogP contribution in [0.15, 0.2) is 35.4 Å². The lowest BCUT2D eigenvalue weighted by Gasteiger charge is -2.52. The van der Waals surface area contributed by atoms with E-state index in [0.717, 1.165) is 31.2 Å². The van der Waals surface area contributed by atoms with E-state index in [-0.39, 0.29) is 129 Å². The summed E-state index contributed by atoms with van der Waals surface area (Å²) in [6, 6.07) is 10.1. The second-order valence-electron chi connectivity index (χ2n) is 32.6. The molecule has 21 heteroatoms. The van der Waals surface area contributed by atoms with Crippen molar-refractivity contribution in [1.82, 2.24) is 0 Å². The van der Waals surface area contributed by atoms with E-state index < -0.39 is 111 Å². The minimum absolute atomic E-state index is 0.00517. The van der Waals surface area contributed by atoms with Gasteiger partial charge in [-0.25, -0.2) is 0 Å². The van der Waals surface area contributed by atoms with Gasteiger partial charge >= 0.3 is 0 Å². The molecule has 8 fully saturated rings. The number of hydrogen-bond donors (Lipinski definition) is 1. The van der Waals surface area contributed by atoms with E-state index in [1.54, 1.807) is 0 Å². The molecule has 40 atom stereocenters. The maximum Gasteiger partial charge on any atom is 0.186 e. The Morgan fingerprint density at radius 1 is 0.327 bits per heavy atom. The zero-order valence-electron chi connectivity index (χ0n) is 66.0. The Morgan fingerprint density at radius 2 is 0.683 bits per heavy atom. The number of aliphatic hydroxyl groups is 1. The average Bonchev–Trinajstić information content (AvgIpc) is 0.775. The van der Waals surface area contributed by atoms with E-state index in [2.05, 4.69) is 174 Å². The highest BCUT2D eigenvalue weighted by atomic mass is 16.8. The molecular weight excluding hydrogens is 1290 g/mol. The molecule has 0 saturated carbocycles. The highest BCUT2D eigenvalue weighted by molar-refractivity contribution is 5.14. The van der Waals surface area contributed by atoms with Gasteiger partial charge in [0.2, 0.25) is 0 Å². The molecule has 8 saturated heterocycles. The van der Waals surface area contributed by atoms with Crippen molar-refractivity contribution in [3.8, 4) is 0 Å². The van der Waals surface area contributed by atoms with Crippen LogP contribution in [0.4, 0.5) is 0 Å². The number of benzene rings is 1. The molecule has 1 aromatic rings. The number of azide groups is 1. The summed E-state index contributed by atoms with van der Waals surface area (Å²) in [5, 5.41) is 17.0. The first-order valence-electron chi connectivity index (χ1n) is 40.0. The molecule has 8 aliphatic heterocycles. The summed E-state index contributed by atoms with van der Waals surface area (Å²) in [5.41, 5.74) is 9.86. The van der Waals surface area contributed by atoms with Crippen LogP contribution in [0.2, 0.25) is 0 Å². The fourth-order valence-electron chi connectivity index (χ4n) is 17.8. The predicted molar refractivity (Wildman–Crippen MR) is 384 cm³/mol. The molecule has 101 heavy (non-hydrogen) atoms. The molecule has 9 rings (SSSR count). The van der Waals surface area contributed by atoms with Crippen LogP contribution in [0.3, 0.4) is 0 Å². The Kier molecular flexibility index (Phi) is 31.0. The van der Waals surface area contributed by atoms with Gasteiger partial charge in [-0.2, -0.15) is 0 Å². The Balaban J connectivity index is 1.05. The van der Waals surface area contributed by atoms with E-state index in [9.17, 15) is 5.11 Å². The first-order valence-corrected chi connectivity index (χ1v) is 40.0. The highest BCUT2D eigenvalue weighted by Gasteiger charge is 2.56. The minimum Gasteiger partial charge on any atom is -0.388 e. The second-order valence-corrected chi connectivity index (χ2v) is 32.6. The molecule has 1 N–H and O–H groups in total. The summed E-state index contributed by atoms with van der Waals surface area (Å²) < 4.78 is 120. The third-order valence-electron chi connectivity index (χ3n) is 26.9. The minimum atomic E-state index is -1.27. The van der Waals surface area contributed by atoms with Crippen LogP contribution in [-0.2, 0) is 87.1 Å². The van der Waals surface area contributed by atoms with Crippen molar-refractivity contribution < 1.29 is 85.6 Å². The van der Waals surface area contributed by atoms with Crippen molar-refractivity contribution in [1.29, 1.82) is 0 Å². The van der Waals surface area contributed by atoms with Gasteiger partial charge in [0.05, 0.1) is 93.6 Å². The smallest absolute Gasteiger partial charge is 0.186 e. The first kappa shape index (κ1) is 82.9. The zero-order chi connectivity index (χ0) is 73.4. The van der Waals surface area contributed by atoms with Gasteiger partial charge < -0.3 is 85.6 Å². The largest absolute Gasteiger partial charge is 0.388 e. The number of aliphatic hydroxyl groups excluding tert-OH is 1. The van der Waals surface area contributed by atoms with Crippen molar-refractivity contribution in [2.75, 3.05) is 26.4 Å². The normalized spacial score (nSPS) is 48.5. The molecule has 0 amide bonds. The van der Waals surface area contributed by atoms with Crippen molar-refractivity contribution in [2.24, 2.45) is 106 Å². The molecule has 8 aliphatic rings. The molecule has 0 radical (unpaired) electrons. The standard InChI is InChI=1S/C80H137N3O18/c1-24-58-43(10)40(7)50(17)74(89-58)87-38-64-55(22)70(100-75-51(18)41(8)44(11)59(25-2)90-75)72(86-37-57-33-31-30-32-34-57)79(95-64)88-39-65-66(84)69(99-80-71(47(14)46(13)61(27-4)92-80)101-76-52(19)42(9)45(12)60(26-3)91-76)56(23)78(96-65)98-68-49(16)54(21)77(94-63(68)29-6)97-67-48(15)53(20)73(93-62(67)28-5)85-36-35-82-83-81/h30-34,40-56,58-80,84H,24-29,35-39H2,1-23H3/t40-,41?,42-,43-,44-,45-,46-,47?,48+,49+,50?,51?,52?,53?,54?,55+,56?,58?,59?,60?,61?,62?,63?,64?,65?,66+,67-,68-,69+,70-,71?,72?,73+,74-,75+,76-,77-,78-,79-,80+/m0/s1. The van der Waals surface area contributed by atoms with Crippen LogP contribution in [0.25, 0.3) is 10.4 Å². The third kappa shape index (κ3) is 18.8. The van der Waals surface area contributed by atoms with Gasteiger partial charge in [-0.15, -0.1) is 0 Å². The molecule has 0 bridgehead atoms. The first-order chi connectivity index (χ1) is 48.2. The fourth-order valence-corrected chi connectivity index (χ4v) is 17.8. The van der Waals surface area contributed by atoms with E-state index in [4.69, 9.17) is 86.1 Å². The molecule has 0 aromatic heterocycles. The van der Waals surface area contributed by atoms with Gasteiger partial charge in [0.1, 0.15) is 24.4 Å². The molecule has 8 heterocycles. The summed E-state index contributed by atoms with van der Waals surface area (Å²) in [6.07, 6.45) is -7.96. The molecule has 18 unspecified atom stereocenters. The van der Waals surface area contributed by atoms with Crippen LogP contribution in [0.1, 0.15) is 203 Å². The molecule has 0 aliphatic carbocycles. The van der Waals surface area contributed by atoms with Gasteiger partial charge in [-0.3, -0.25) is 0 Å². The SMILES string of the molecule is CCC1O[C@H](O[C@@H]2C(OCc3ccccc3)[C@@H](OCC3O[C@@H](O[C@@H]4C(CC)O[C@@H](O[C@@H]5C(CC)O[C@@H](OCCN=[N+]=[N-])C(C)[C@H]5C)C(C)[C@H]4C)C(C)[C@@H](O[C@H]4OC(CC)[C@@H](C)C(C)C4O[C@@H]4OC(CC)[C@@H](C)[C@H](C)C4C)[C@@H]3O)OC(CO[C@H]3OC(CC)[C@@H](C)[C@H](C)C3C)[C@H]2C)C(C)C(C)[C@@H]1C. The lowest BCUT2D eigenvalue weighted by molar-refractivity contribution is -0.383. The van der Waals surface area contributed by atoms with Gasteiger partial charge in [0, 0.05) is 52.9 Å². The number of hydrogen-bond acceptors (Lipinski definition) is 19. The predicted octanol–water partition coefficient (Wildman–Crippen LogP) is 15.3. The average molecular weight is 1430 g/mol. The number of rotatable bonds is 29. The molecule has 580 valence electrons. The highest BCUT2D eigenvalue weighted by Crippen LogP contribution is 2.47. The van der Waals surface area contributed by atoms with Crippen molar-refractivity contribution in [3.05, 3.63) is 46.3 Å². The van der Waals surface area contributed by atoms with E-state index in [1.165, 1.54) is 0 Å². The molecule has 21 nitrogen and oxygen atoms in total. The van der Waals surface area contributed by atoms with Crippen molar-refractivity contribution in [2.45, 2.75) is 346 Å². The molecule has 1 aromatic carbocycles. The molecular formula is C80H137N3O18. The Bertz CT molecular complexity index is 2640. The maximum atomic E-state index is 13.4. The number of nitrogens with zero attached hydrogens (tertiary/aromatic N) is 3. The summed E-state index contributed by atoms with van der Waals surface area (Å²) >= 11 is 0. The monoisotopic (exact) mass is 1430 g/mol. The van der Waals surface area contributed by atoms with Crippen LogP contribution in [0.5, 0.6) is 0 Å². The number of ether oxygens (including phenoxy) is 17. The maximum absolute atomic E-state index is 13.4. The topological polar surface area (TPSA) is 226 Å². The zero-order valence-corrected chi connectivity index (χ0v) is 66.0. The van der Waals surface area contributed by atoms with Crippen LogP contribution >= 0.6 is 0 Å². The quantitative estimate of drug-likeness (QED) is 0.0340. The van der Waals surface area contributed by atoms with Crippen LogP contribution in [-0.4, -0.2) is 173 Å². The summed E-state index contributed by atoms with van der Waals surface area (Å²) in [7, 11) is 0. The molecule has 0 spiro atoms. The summed E-state index contributed by atoms with van der Waals surface area (Å²) in [5.74, 6) is 1.49.